The van der Waals surface area contributed by atoms with Crippen LogP contribution in [0.15, 0.2) is 23.1 Å². The van der Waals surface area contributed by atoms with Gasteiger partial charge < -0.3 is 23.9 Å². The van der Waals surface area contributed by atoms with Crippen LogP contribution >= 0.6 is 11.6 Å². The molecule has 8 nitrogen and oxygen atoms in total. The van der Waals surface area contributed by atoms with Crippen molar-refractivity contribution >= 4 is 28.5 Å². The number of fused-ring (bicyclic) bond motifs is 1. The number of hydrogen-bond acceptors (Lipinski definition) is 6. The lowest BCUT2D eigenvalue weighted by Gasteiger charge is -2.14. The average Bonchev–Trinajstić information content (AvgIpc) is 3.52. The van der Waals surface area contributed by atoms with Crippen molar-refractivity contribution in [2.75, 3.05) is 33.0 Å². The van der Waals surface area contributed by atoms with Gasteiger partial charge in [0.05, 0.1) is 54.8 Å². The summed E-state index contributed by atoms with van der Waals surface area (Å²) >= 11 is 6.32. The molecule has 29 heavy (non-hydrogen) atoms. The molecule has 0 saturated heterocycles. The molecule has 0 aliphatic heterocycles. The maximum Gasteiger partial charge on any atom is 0.341 e. The Morgan fingerprint density at radius 3 is 2.55 bits per heavy atom. The van der Waals surface area contributed by atoms with E-state index in [0.29, 0.717) is 42.5 Å². The Balaban J connectivity index is 1.67. The van der Waals surface area contributed by atoms with Gasteiger partial charge in [-0.1, -0.05) is 11.6 Å². The molecule has 1 aromatic carbocycles. The molecular weight excluding hydrogens is 400 g/mol. The van der Waals surface area contributed by atoms with E-state index in [4.69, 9.17) is 31.1 Å². The highest BCUT2D eigenvalue weighted by Crippen LogP contribution is 2.38. The standard InChI is InChI=1S/C20H21ClN2O6/c21-16-11-17-14(19(24)15(20(25)26)12-23(17)13-2-3-13)10-18(16)29-9-8-28-7-6-27-5-1-4-22/h10-13H,1-3,5-9H2,(H,25,26). The van der Waals surface area contributed by atoms with Gasteiger partial charge in [0.25, 0.3) is 0 Å². The first-order valence-corrected chi connectivity index (χ1v) is 9.67. The van der Waals surface area contributed by atoms with E-state index in [-0.39, 0.29) is 30.2 Å². The molecule has 0 spiro atoms. The number of ether oxygens (including phenoxy) is 3. The fourth-order valence-electron chi connectivity index (χ4n) is 2.92. The van der Waals surface area contributed by atoms with Gasteiger partial charge in [0, 0.05) is 12.2 Å². The van der Waals surface area contributed by atoms with E-state index in [1.807, 2.05) is 10.6 Å². The van der Waals surface area contributed by atoms with Crippen molar-refractivity contribution < 1.29 is 24.1 Å². The Morgan fingerprint density at radius 2 is 1.90 bits per heavy atom. The van der Waals surface area contributed by atoms with Crippen LogP contribution in [-0.4, -0.2) is 48.7 Å². The number of benzene rings is 1. The Kier molecular flexibility index (Phi) is 7.09. The van der Waals surface area contributed by atoms with Crippen LogP contribution in [-0.2, 0) is 9.47 Å². The molecule has 2 aromatic rings. The summed E-state index contributed by atoms with van der Waals surface area (Å²) in [6.45, 7) is 1.63. The Labute approximate surface area is 172 Å². The third-order valence-corrected chi connectivity index (χ3v) is 4.77. The zero-order chi connectivity index (χ0) is 20.8. The topological polar surface area (TPSA) is 111 Å². The second-order valence-electron chi connectivity index (χ2n) is 6.60. The van der Waals surface area contributed by atoms with Crippen LogP contribution in [0.1, 0.15) is 35.7 Å². The van der Waals surface area contributed by atoms with Crippen LogP contribution in [0, 0.1) is 11.3 Å². The third kappa shape index (κ3) is 5.26. The van der Waals surface area contributed by atoms with Crippen molar-refractivity contribution in [3.63, 3.8) is 0 Å². The Hall–Kier alpha value is -2.60. The summed E-state index contributed by atoms with van der Waals surface area (Å²) < 4.78 is 18.0. The number of halogens is 1. The predicted octanol–water partition coefficient (Wildman–Crippen LogP) is 3.01. The number of hydrogen-bond donors (Lipinski definition) is 1. The molecule has 0 amide bonds. The average molecular weight is 421 g/mol. The summed E-state index contributed by atoms with van der Waals surface area (Å²) in [5, 5.41) is 18.4. The van der Waals surface area contributed by atoms with Crippen LogP contribution < -0.4 is 10.2 Å². The first-order valence-electron chi connectivity index (χ1n) is 9.30. The summed E-state index contributed by atoms with van der Waals surface area (Å²) in [4.78, 5) is 24.1. The first kappa shape index (κ1) is 21.1. The van der Waals surface area contributed by atoms with Gasteiger partial charge in [0.2, 0.25) is 5.43 Å². The quantitative estimate of drug-likeness (QED) is 0.556. The van der Waals surface area contributed by atoms with Crippen LogP contribution in [0.3, 0.4) is 0 Å². The van der Waals surface area contributed by atoms with Crippen LogP contribution in [0.25, 0.3) is 10.9 Å². The van der Waals surface area contributed by atoms with E-state index in [2.05, 4.69) is 0 Å². The number of carbonyl (C=O) groups is 1. The van der Waals surface area contributed by atoms with Gasteiger partial charge in [-0.05, 0) is 25.0 Å². The molecule has 154 valence electrons. The lowest BCUT2D eigenvalue weighted by molar-refractivity contribution is 0.0381. The molecule has 1 fully saturated rings. The Morgan fingerprint density at radius 1 is 1.21 bits per heavy atom. The van der Waals surface area contributed by atoms with Gasteiger partial charge in [0.15, 0.2) is 0 Å². The van der Waals surface area contributed by atoms with Gasteiger partial charge in [-0.2, -0.15) is 5.26 Å². The summed E-state index contributed by atoms with van der Waals surface area (Å²) in [6.07, 6.45) is 3.61. The van der Waals surface area contributed by atoms with Crippen molar-refractivity contribution in [3.8, 4) is 11.8 Å². The molecule has 1 aliphatic carbocycles. The second kappa shape index (κ2) is 9.74. The molecule has 0 atom stereocenters. The zero-order valence-electron chi connectivity index (χ0n) is 15.7. The molecule has 1 heterocycles. The predicted molar refractivity (Wildman–Crippen MR) is 106 cm³/mol. The van der Waals surface area contributed by atoms with Crippen molar-refractivity contribution in [2.45, 2.75) is 25.3 Å². The molecule has 1 saturated carbocycles. The van der Waals surface area contributed by atoms with Crippen molar-refractivity contribution in [1.29, 1.82) is 5.26 Å². The van der Waals surface area contributed by atoms with Crippen molar-refractivity contribution in [3.05, 3.63) is 39.1 Å². The summed E-state index contributed by atoms with van der Waals surface area (Å²) in [6, 6.07) is 5.31. The molecule has 1 N–H and O–H groups in total. The molecule has 0 radical (unpaired) electrons. The highest BCUT2D eigenvalue weighted by Gasteiger charge is 2.27. The van der Waals surface area contributed by atoms with E-state index in [9.17, 15) is 14.7 Å². The molecule has 1 aliphatic rings. The zero-order valence-corrected chi connectivity index (χ0v) is 16.5. The van der Waals surface area contributed by atoms with Crippen molar-refractivity contribution in [1.82, 2.24) is 4.57 Å². The minimum absolute atomic E-state index is 0.183. The number of rotatable bonds is 11. The lowest BCUT2D eigenvalue weighted by atomic mass is 10.1. The van der Waals surface area contributed by atoms with Gasteiger partial charge in [-0.3, -0.25) is 4.79 Å². The molecular formula is C20H21ClN2O6. The smallest absolute Gasteiger partial charge is 0.341 e. The van der Waals surface area contributed by atoms with Gasteiger partial charge in [-0.15, -0.1) is 0 Å². The number of carboxylic acids is 1. The second-order valence-corrected chi connectivity index (χ2v) is 7.00. The maximum absolute atomic E-state index is 12.6. The van der Waals surface area contributed by atoms with Gasteiger partial charge in [0.1, 0.15) is 17.9 Å². The molecule has 1 aromatic heterocycles. The number of aromatic nitrogens is 1. The summed E-state index contributed by atoms with van der Waals surface area (Å²) in [5.41, 5.74) is -0.222. The fraction of sp³-hybridized carbons (Fsp3) is 0.450. The SMILES string of the molecule is N#CCCOCCOCCOc1cc2c(=O)c(C(=O)O)cn(C3CC3)c2cc1Cl. The number of nitrogens with zero attached hydrogens (tertiary/aromatic N) is 2. The lowest BCUT2D eigenvalue weighted by Crippen LogP contribution is -2.19. The largest absolute Gasteiger partial charge is 0.490 e. The van der Waals surface area contributed by atoms with Crippen LogP contribution in [0.5, 0.6) is 5.75 Å². The van der Waals surface area contributed by atoms with E-state index in [0.717, 1.165) is 12.8 Å². The van der Waals surface area contributed by atoms with E-state index in [1.165, 1.54) is 12.3 Å². The highest BCUT2D eigenvalue weighted by molar-refractivity contribution is 6.32. The molecule has 3 rings (SSSR count). The molecule has 9 heteroatoms. The highest BCUT2D eigenvalue weighted by atomic mass is 35.5. The normalized spacial score (nSPS) is 13.4. The van der Waals surface area contributed by atoms with Crippen molar-refractivity contribution in [2.24, 2.45) is 0 Å². The van der Waals surface area contributed by atoms with Crippen LogP contribution in [0.4, 0.5) is 0 Å². The minimum Gasteiger partial charge on any atom is -0.490 e. The number of pyridine rings is 1. The van der Waals surface area contributed by atoms with E-state index >= 15 is 0 Å². The van der Waals surface area contributed by atoms with Gasteiger partial charge in [-0.25, -0.2) is 4.79 Å². The first-order chi connectivity index (χ1) is 14.0. The Bertz CT molecular complexity index is 993. The van der Waals surface area contributed by atoms with Crippen LogP contribution in [0.2, 0.25) is 5.02 Å². The minimum atomic E-state index is -1.26. The molecule has 0 bridgehead atoms. The monoisotopic (exact) mass is 420 g/mol. The van der Waals surface area contributed by atoms with E-state index in [1.54, 1.807) is 6.07 Å². The van der Waals surface area contributed by atoms with Gasteiger partial charge >= 0.3 is 5.97 Å². The number of aromatic carboxylic acids is 1. The molecule has 0 unspecified atom stereocenters. The number of carboxylic acid groups (broad SMARTS) is 1. The van der Waals surface area contributed by atoms with E-state index < -0.39 is 11.4 Å². The number of nitriles is 1. The summed E-state index contributed by atoms with van der Waals surface area (Å²) in [5.74, 6) is -0.955. The summed E-state index contributed by atoms with van der Waals surface area (Å²) in [7, 11) is 0. The fourth-order valence-corrected chi connectivity index (χ4v) is 3.13. The third-order valence-electron chi connectivity index (χ3n) is 4.47. The maximum atomic E-state index is 12.6.